The van der Waals surface area contributed by atoms with E-state index in [2.05, 4.69) is 19.2 Å². The molecule has 4 heteroatoms. The van der Waals surface area contributed by atoms with Gasteiger partial charge < -0.3 is 4.90 Å². The first-order valence-electron chi connectivity index (χ1n) is 7.71. The molecule has 1 heterocycles. The molecule has 1 aliphatic heterocycles. The number of hydrogen-bond acceptors (Lipinski definition) is 2. The molecule has 1 aliphatic rings. The van der Waals surface area contributed by atoms with Crippen LogP contribution in [-0.2, 0) is 4.79 Å². The topological polar surface area (TPSA) is 32.3 Å². The van der Waals surface area contributed by atoms with Gasteiger partial charge in [-0.05, 0) is 43.4 Å². The third kappa shape index (κ3) is 3.26. The summed E-state index contributed by atoms with van der Waals surface area (Å²) >= 11 is 0. The van der Waals surface area contributed by atoms with Crippen LogP contribution < -0.4 is 5.32 Å². The van der Waals surface area contributed by atoms with Gasteiger partial charge in [0.2, 0.25) is 5.91 Å². The first kappa shape index (κ1) is 16.0. The second-order valence-corrected chi connectivity index (χ2v) is 6.47. The zero-order valence-corrected chi connectivity index (χ0v) is 13.3. The summed E-state index contributed by atoms with van der Waals surface area (Å²) in [7, 11) is 0. The van der Waals surface area contributed by atoms with Crippen molar-refractivity contribution in [3.63, 3.8) is 0 Å². The van der Waals surface area contributed by atoms with E-state index in [-0.39, 0.29) is 17.9 Å². The molecular weight excluding hydrogens is 267 g/mol. The van der Waals surface area contributed by atoms with Gasteiger partial charge in [0.15, 0.2) is 0 Å². The predicted molar refractivity (Wildman–Crippen MR) is 82.1 cm³/mol. The molecule has 0 spiro atoms. The minimum atomic E-state index is -0.532. The number of hydrogen-bond donors (Lipinski definition) is 1. The van der Waals surface area contributed by atoms with Crippen molar-refractivity contribution in [3.8, 4) is 0 Å². The Bertz CT molecular complexity index is 500. The molecule has 1 amide bonds. The van der Waals surface area contributed by atoms with Crippen LogP contribution in [0.15, 0.2) is 24.3 Å². The third-order valence-electron chi connectivity index (χ3n) is 4.34. The van der Waals surface area contributed by atoms with Crippen LogP contribution >= 0.6 is 0 Å². The van der Waals surface area contributed by atoms with E-state index in [1.807, 2.05) is 18.7 Å². The Hall–Kier alpha value is -1.42. The van der Waals surface area contributed by atoms with Gasteiger partial charge >= 0.3 is 0 Å². The molecular formula is C17H25FN2O. The molecule has 1 aromatic rings. The van der Waals surface area contributed by atoms with Crippen LogP contribution in [0.5, 0.6) is 0 Å². The normalized spacial score (nSPS) is 25.9. The Morgan fingerprint density at radius 3 is 2.48 bits per heavy atom. The highest BCUT2D eigenvalue weighted by atomic mass is 19.1. The van der Waals surface area contributed by atoms with Crippen molar-refractivity contribution in [1.82, 2.24) is 10.2 Å². The van der Waals surface area contributed by atoms with Crippen molar-refractivity contribution in [2.75, 3.05) is 6.54 Å². The molecule has 0 bridgehead atoms. The summed E-state index contributed by atoms with van der Waals surface area (Å²) in [4.78, 5) is 14.6. The zero-order chi connectivity index (χ0) is 15.6. The Kier molecular flexibility index (Phi) is 4.67. The van der Waals surface area contributed by atoms with E-state index in [0.717, 1.165) is 24.9 Å². The largest absolute Gasteiger partial charge is 0.321 e. The lowest BCUT2D eigenvalue weighted by Gasteiger charge is -2.25. The Morgan fingerprint density at radius 2 is 1.95 bits per heavy atom. The molecule has 0 aliphatic carbocycles. The van der Waals surface area contributed by atoms with Crippen molar-refractivity contribution in [2.24, 2.45) is 5.92 Å². The molecule has 2 rings (SSSR count). The van der Waals surface area contributed by atoms with Gasteiger partial charge in [0.1, 0.15) is 12.0 Å². The molecule has 1 fully saturated rings. The number of carbonyl (C=O) groups is 1. The maximum atomic E-state index is 13.1. The van der Waals surface area contributed by atoms with E-state index in [0.29, 0.717) is 5.92 Å². The van der Waals surface area contributed by atoms with Crippen LogP contribution in [-0.4, -0.2) is 22.9 Å². The fraction of sp³-hybridized carbons (Fsp3) is 0.588. The summed E-state index contributed by atoms with van der Waals surface area (Å²) in [5.74, 6) is 0.426. The Labute approximate surface area is 126 Å². The van der Waals surface area contributed by atoms with Gasteiger partial charge in [-0.2, -0.15) is 0 Å². The fourth-order valence-corrected chi connectivity index (χ4v) is 2.67. The average Bonchev–Trinajstić information content (AvgIpc) is 2.70. The number of amides is 1. The number of carbonyl (C=O) groups excluding carboxylic acids is 1. The monoisotopic (exact) mass is 292 g/mol. The van der Waals surface area contributed by atoms with Crippen LogP contribution in [0.1, 0.15) is 52.3 Å². The van der Waals surface area contributed by atoms with Crippen LogP contribution in [0.3, 0.4) is 0 Å². The molecule has 3 nitrogen and oxygen atoms in total. The Balaban J connectivity index is 2.27. The molecule has 0 saturated carbocycles. The van der Waals surface area contributed by atoms with Gasteiger partial charge in [0.25, 0.3) is 0 Å². The summed E-state index contributed by atoms with van der Waals surface area (Å²) in [6, 6.07) is 6.40. The van der Waals surface area contributed by atoms with Gasteiger partial charge in [-0.3, -0.25) is 10.1 Å². The lowest BCUT2D eigenvalue weighted by atomic mass is 9.99. The molecule has 0 aromatic heterocycles. The van der Waals surface area contributed by atoms with E-state index < -0.39 is 5.54 Å². The summed E-state index contributed by atoms with van der Waals surface area (Å²) in [5.41, 5.74) is 0.404. The number of nitrogens with one attached hydrogen (secondary N) is 1. The fourth-order valence-electron chi connectivity index (χ4n) is 2.67. The molecule has 0 radical (unpaired) electrons. The standard InChI is InChI=1S/C17H25FN2O/c1-5-17(4)16(21)20(11-10-12(2)3)15(19-17)13-6-8-14(18)9-7-13/h6-9,12,15,19H,5,10-11H2,1-4H3. The highest BCUT2D eigenvalue weighted by molar-refractivity contribution is 5.88. The van der Waals surface area contributed by atoms with E-state index in [1.54, 1.807) is 12.1 Å². The van der Waals surface area contributed by atoms with Crippen LogP contribution in [0.25, 0.3) is 0 Å². The van der Waals surface area contributed by atoms with Crippen molar-refractivity contribution in [2.45, 2.75) is 52.2 Å². The highest BCUT2D eigenvalue weighted by Crippen LogP contribution is 2.33. The lowest BCUT2D eigenvalue weighted by molar-refractivity contribution is -0.133. The highest BCUT2D eigenvalue weighted by Gasteiger charge is 2.46. The molecule has 2 atom stereocenters. The van der Waals surface area contributed by atoms with Crippen molar-refractivity contribution in [3.05, 3.63) is 35.6 Å². The van der Waals surface area contributed by atoms with Crippen LogP contribution in [0.4, 0.5) is 4.39 Å². The SMILES string of the molecule is CCC1(C)NC(c2ccc(F)cc2)N(CCC(C)C)C1=O. The average molecular weight is 292 g/mol. The molecule has 1 saturated heterocycles. The van der Waals surface area contributed by atoms with E-state index >= 15 is 0 Å². The molecule has 1 aromatic carbocycles. The second-order valence-electron chi connectivity index (χ2n) is 6.47. The summed E-state index contributed by atoms with van der Waals surface area (Å²) < 4.78 is 13.1. The van der Waals surface area contributed by atoms with Crippen LogP contribution in [0, 0.1) is 11.7 Å². The third-order valence-corrected chi connectivity index (χ3v) is 4.34. The quantitative estimate of drug-likeness (QED) is 0.901. The first-order valence-corrected chi connectivity index (χ1v) is 7.71. The van der Waals surface area contributed by atoms with Gasteiger partial charge in [-0.1, -0.05) is 32.9 Å². The van der Waals surface area contributed by atoms with Gasteiger partial charge in [0, 0.05) is 6.54 Å². The van der Waals surface area contributed by atoms with E-state index in [9.17, 15) is 9.18 Å². The van der Waals surface area contributed by atoms with Gasteiger partial charge in [-0.25, -0.2) is 4.39 Å². The second kappa shape index (κ2) is 6.14. The molecule has 2 unspecified atom stereocenters. The molecule has 116 valence electrons. The smallest absolute Gasteiger partial charge is 0.244 e. The zero-order valence-electron chi connectivity index (χ0n) is 13.3. The molecule has 21 heavy (non-hydrogen) atoms. The Morgan fingerprint density at radius 1 is 1.33 bits per heavy atom. The summed E-state index contributed by atoms with van der Waals surface area (Å²) in [6.45, 7) is 8.99. The van der Waals surface area contributed by atoms with Crippen LogP contribution in [0.2, 0.25) is 0 Å². The maximum Gasteiger partial charge on any atom is 0.244 e. The first-order chi connectivity index (χ1) is 9.87. The summed E-state index contributed by atoms with van der Waals surface area (Å²) in [5, 5.41) is 3.43. The van der Waals surface area contributed by atoms with Gasteiger partial charge in [0.05, 0.1) is 5.54 Å². The van der Waals surface area contributed by atoms with Gasteiger partial charge in [-0.15, -0.1) is 0 Å². The van der Waals surface area contributed by atoms with E-state index in [1.165, 1.54) is 12.1 Å². The van der Waals surface area contributed by atoms with Crippen molar-refractivity contribution >= 4 is 5.91 Å². The number of halogens is 1. The van der Waals surface area contributed by atoms with E-state index in [4.69, 9.17) is 0 Å². The number of rotatable bonds is 5. The lowest BCUT2D eigenvalue weighted by Crippen LogP contribution is -2.43. The maximum absolute atomic E-state index is 13.1. The minimum absolute atomic E-state index is 0.139. The number of benzene rings is 1. The van der Waals surface area contributed by atoms with Crippen molar-refractivity contribution in [1.29, 1.82) is 0 Å². The molecule has 1 N–H and O–H groups in total. The van der Waals surface area contributed by atoms with Crippen molar-refractivity contribution < 1.29 is 9.18 Å². The predicted octanol–water partition coefficient (Wildman–Crippen LogP) is 3.47. The minimum Gasteiger partial charge on any atom is -0.321 e. The summed E-state index contributed by atoms with van der Waals surface area (Å²) in [6.07, 6.45) is 1.54. The number of nitrogens with zero attached hydrogens (tertiary/aromatic N) is 1.